The number of hydrogen-bond acceptors (Lipinski definition) is 5. The molecule has 1 N–H and O–H groups in total. The summed E-state index contributed by atoms with van der Waals surface area (Å²) < 4.78 is 16.9. The molecule has 1 aliphatic heterocycles. The van der Waals surface area contributed by atoms with Crippen molar-refractivity contribution in [2.24, 2.45) is 0 Å². The highest BCUT2D eigenvalue weighted by Crippen LogP contribution is 2.34. The average molecular weight is 420 g/mol. The first-order valence-electron chi connectivity index (χ1n) is 10.1. The number of hydrogen-bond donors (Lipinski definition) is 1. The lowest BCUT2D eigenvalue weighted by atomic mass is 10.1. The standard InChI is InChI=1S/C24H24N2O5/c1-25-24(28)22-15-26(19-5-3-4-6-21(19)31-22)23(27)14-12-18-11-13-20(30-18)16-7-9-17(29-2)10-8-16/h3-11,13,22H,12,14-15H2,1-2H3,(H,25,28). The Hall–Kier alpha value is -3.74. The summed E-state index contributed by atoms with van der Waals surface area (Å²) in [7, 11) is 3.18. The van der Waals surface area contributed by atoms with E-state index in [9.17, 15) is 9.59 Å². The number of nitrogens with one attached hydrogen (secondary N) is 1. The van der Waals surface area contributed by atoms with E-state index in [-0.39, 0.29) is 24.8 Å². The fourth-order valence-electron chi connectivity index (χ4n) is 3.56. The summed E-state index contributed by atoms with van der Waals surface area (Å²) in [6, 6.07) is 18.6. The van der Waals surface area contributed by atoms with Crippen LogP contribution >= 0.6 is 0 Å². The maximum atomic E-state index is 13.0. The number of fused-ring (bicyclic) bond motifs is 1. The van der Waals surface area contributed by atoms with Crippen molar-refractivity contribution in [2.75, 3.05) is 25.6 Å². The molecule has 1 aliphatic rings. The second kappa shape index (κ2) is 8.95. The minimum absolute atomic E-state index is 0.0907. The van der Waals surface area contributed by atoms with Gasteiger partial charge in [0.1, 0.15) is 23.0 Å². The lowest BCUT2D eigenvalue weighted by molar-refractivity contribution is -0.127. The van der Waals surface area contributed by atoms with E-state index in [1.807, 2.05) is 54.6 Å². The van der Waals surface area contributed by atoms with Gasteiger partial charge < -0.3 is 24.1 Å². The van der Waals surface area contributed by atoms with Crippen molar-refractivity contribution in [1.82, 2.24) is 5.32 Å². The molecule has 0 aliphatic carbocycles. The summed E-state index contributed by atoms with van der Waals surface area (Å²) in [6.45, 7) is 0.171. The summed E-state index contributed by atoms with van der Waals surface area (Å²) in [6.07, 6.45) is -0.0297. The zero-order chi connectivity index (χ0) is 21.8. The lowest BCUT2D eigenvalue weighted by Crippen LogP contribution is -2.50. The first-order chi connectivity index (χ1) is 15.1. The van der Waals surface area contributed by atoms with Crippen LogP contribution in [0.25, 0.3) is 11.3 Å². The molecule has 2 amide bonds. The second-order valence-electron chi connectivity index (χ2n) is 7.19. The zero-order valence-electron chi connectivity index (χ0n) is 17.5. The quantitative estimate of drug-likeness (QED) is 0.661. The number of rotatable bonds is 6. The van der Waals surface area contributed by atoms with Crippen molar-refractivity contribution >= 4 is 17.5 Å². The molecule has 1 aromatic heterocycles. The van der Waals surface area contributed by atoms with Crippen molar-refractivity contribution in [3.05, 3.63) is 66.4 Å². The lowest BCUT2D eigenvalue weighted by Gasteiger charge is -2.34. The van der Waals surface area contributed by atoms with Crippen molar-refractivity contribution in [2.45, 2.75) is 18.9 Å². The van der Waals surface area contributed by atoms with E-state index < -0.39 is 6.10 Å². The molecule has 31 heavy (non-hydrogen) atoms. The fraction of sp³-hybridized carbons (Fsp3) is 0.250. The van der Waals surface area contributed by atoms with Crippen LogP contribution < -0.4 is 19.7 Å². The van der Waals surface area contributed by atoms with E-state index >= 15 is 0 Å². The number of likely N-dealkylation sites (N-methyl/N-ethyl adjacent to an activating group) is 1. The molecule has 1 unspecified atom stereocenters. The van der Waals surface area contributed by atoms with E-state index in [0.717, 1.165) is 22.8 Å². The third-order valence-corrected chi connectivity index (χ3v) is 5.24. The molecular weight excluding hydrogens is 396 g/mol. The molecule has 4 rings (SSSR count). The number of carbonyl (C=O) groups is 2. The molecule has 7 nitrogen and oxygen atoms in total. The number of para-hydroxylation sites is 2. The molecule has 160 valence electrons. The third-order valence-electron chi connectivity index (χ3n) is 5.24. The minimum atomic E-state index is -0.742. The molecule has 0 fully saturated rings. The molecule has 2 heterocycles. The van der Waals surface area contributed by atoms with Crippen LogP contribution in [0.2, 0.25) is 0 Å². The van der Waals surface area contributed by atoms with Crippen LogP contribution in [0.5, 0.6) is 11.5 Å². The third kappa shape index (κ3) is 4.40. The van der Waals surface area contributed by atoms with Gasteiger partial charge in [-0.25, -0.2) is 0 Å². The van der Waals surface area contributed by atoms with E-state index in [1.165, 1.54) is 0 Å². The Morgan fingerprint density at radius 2 is 1.87 bits per heavy atom. The second-order valence-corrected chi connectivity index (χ2v) is 7.19. The minimum Gasteiger partial charge on any atom is -0.497 e. The van der Waals surface area contributed by atoms with Crippen molar-refractivity contribution < 1.29 is 23.5 Å². The van der Waals surface area contributed by atoms with E-state index in [2.05, 4.69) is 5.32 Å². The molecule has 7 heteroatoms. The van der Waals surface area contributed by atoms with Crippen LogP contribution in [-0.4, -0.2) is 38.6 Å². The average Bonchev–Trinajstić information content (AvgIpc) is 3.30. The largest absolute Gasteiger partial charge is 0.497 e. The number of aryl methyl sites for hydroxylation is 1. The molecular formula is C24H24N2O5. The van der Waals surface area contributed by atoms with E-state index in [4.69, 9.17) is 13.9 Å². The van der Waals surface area contributed by atoms with Crippen LogP contribution in [0.15, 0.2) is 65.1 Å². The van der Waals surface area contributed by atoms with Gasteiger partial charge in [-0.2, -0.15) is 0 Å². The van der Waals surface area contributed by atoms with Crippen molar-refractivity contribution in [1.29, 1.82) is 0 Å². The molecule has 0 radical (unpaired) electrons. The first-order valence-corrected chi connectivity index (χ1v) is 10.1. The molecule has 0 spiro atoms. The summed E-state index contributed by atoms with van der Waals surface area (Å²) >= 11 is 0. The van der Waals surface area contributed by atoms with Crippen LogP contribution in [-0.2, 0) is 16.0 Å². The van der Waals surface area contributed by atoms with Gasteiger partial charge in [0.15, 0.2) is 6.10 Å². The van der Waals surface area contributed by atoms with Gasteiger partial charge in [0.2, 0.25) is 5.91 Å². The van der Waals surface area contributed by atoms with Crippen LogP contribution in [0, 0.1) is 0 Å². The zero-order valence-corrected chi connectivity index (χ0v) is 17.5. The highest BCUT2D eigenvalue weighted by Gasteiger charge is 2.33. The number of nitrogens with zero attached hydrogens (tertiary/aromatic N) is 1. The Labute approximate surface area is 180 Å². The highest BCUT2D eigenvalue weighted by molar-refractivity contribution is 5.97. The summed E-state index contributed by atoms with van der Waals surface area (Å²) in [5, 5.41) is 2.58. The van der Waals surface area contributed by atoms with Gasteiger partial charge in [-0.3, -0.25) is 9.59 Å². The van der Waals surface area contributed by atoms with Gasteiger partial charge in [-0.1, -0.05) is 12.1 Å². The number of amides is 2. The van der Waals surface area contributed by atoms with Gasteiger partial charge in [-0.15, -0.1) is 0 Å². The SMILES string of the molecule is CNC(=O)C1CN(C(=O)CCc2ccc(-c3ccc(OC)cc3)o2)c2ccccc2O1. The number of methoxy groups -OCH3 is 1. The number of carbonyl (C=O) groups excluding carboxylic acids is 2. The van der Waals surface area contributed by atoms with Crippen LogP contribution in [0.4, 0.5) is 5.69 Å². The van der Waals surface area contributed by atoms with Crippen LogP contribution in [0.3, 0.4) is 0 Å². The smallest absolute Gasteiger partial charge is 0.262 e. The molecule has 1 atom stereocenters. The van der Waals surface area contributed by atoms with Gasteiger partial charge in [0.05, 0.1) is 19.3 Å². The molecule has 0 saturated heterocycles. The number of benzene rings is 2. The summed E-state index contributed by atoms with van der Waals surface area (Å²) in [5.74, 6) is 2.41. The Balaban J connectivity index is 1.44. The molecule has 2 aromatic carbocycles. The van der Waals surface area contributed by atoms with Crippen molar-refractivity contribution in [3.63, 3.8) is 0 Å². The Bertz CT molecular complexity index is 1070. The van der Waals surface area contributed by atoms with Crippen molar-refractivity contribution in [3.8, 4) is 22.8 Å². The van der Waals surface area contributed by atoms with E-state index in [0.29, 0.717) is 17.9 Å². The molecule has 0 bridgehead atoms. The summed E-state index contributed by atoms with van der Waals surface area (Å²) in [5.41, 5.74) is 1.61. The van der Waals surface area contributed by atoms with Gasteiger partial charge in [0.25, 0.3) is 5.91 Å². The topological polar surface area (TPSA) is 81.0 Å². The Kier molecular flexibility index (Phi) is 5.93. The van der Waals surface area contributed by atoms with Crippen LogP contribution in [0.1, 0.15) is 12.2 Å². The molecule has 0 saturated carbocycles. The normalized spacial score (nSPS) is 15.0. The number of furan rings is 1. The maximum absolute atomic E-state index is 13.0. The van der Waals surface area contributed by atoms with Gasteiger partial charge in [-0.05, 0) is 48.5 Å². The summed E-state index contributed by atoms with van der Waals surface area (Å²) in [4.78, 5) is 26.7. The Morgan fingerprint density at radius 3 is 2.61 bits per heavy atom. The number of ether oxygens (including phenoxy) is 2. The highest BCUT2D eigenvalue weighted by atomic mass is 16.5. The van der Waals surface area contributed by atoms with Gasteiger partial charge >= 0.3 is 0 Å². The number of anilines is 1. The molecule has 3 aromatic rings. The fourth-order valence-corrected chi connectivity index (χ4v) is 3.56. The van der Waals surface area contributed by atoms with E-state index in [1.54, 1.807) is 25.1 Å². The predicted octanol–water partition coefficient (Wildman–Crippen LogP) is 3.43. The van der Waals surface area contributed by atoms with Gasteiger partial charge in [0, 0.05) is 25.5 Å². The Morgan fingerprint density at radius 1 is 1.10 bits per heavy atom. The maximum Gasteiger partial charge on any atom is 0.262 e. The monoisotopic (exact) mass is 420 g/mol. The predicted molar refractivity (Wildman–Crippen MR) is 116 cm³/mol. The first kappa shape index (κ1) is 20.5.